The van der Waals surface area contributed by atoms with Crippen LogP contribution < -0.4 is 5.32 Å². The van der Waals surface area contributed by atoms with E-state index in [0.717, 1.165) is 21.4 Å². The van der Waals surface area contributed by atoms with Crippen LogP contribution in [0.25, 0.3) is 11.1 Å². The van der Waals surface area contributed by atoms with Crippen LogP contribution in [0.5, 0.6) is 5.88 Å². The highest BCUT2D eigenvalue weighted by Gasteiger charge is 2.21. The van der Waals surface area contributed by atoms with E-state index in [2.05, 4.69) is 26.2 Å². The van der Waals surface area contributed by atoms with E-state index >= 15 is 0 Å². The van der Waals surface area contributed by atoms with E-state index in [1.54, 1.807) is 24.4 Å². The summed E-state index contributed by atoms with van der Waals surface area (Å²) in [5.74, 6) is -1.92. The highest BCUT2D eigenvalue weighted by molar-refractivity contribution is 9.10. The number of anilines is 1. The molecule has 0 spiro atoms. The molecule has 3 rings (SSSR count). The summed E-state index contributed by atoms with van der Waals surface area (Å²) in [4.78, 5) is 28.0. The van der Waals surface area contributed by atoms with Crippen LogP contribution in [0, 0.1) is 6.92 Å². The minimum absolute atomic E-state index is 0.0284. The van der Waals surface area contributed by atoms with Crippen molar-refractivity contribution in [1.29, 1.82) is 0 Å². The molecule has 0 atom stereocenters. The van der Waals surface area contributed by atoms with Crippen molar-refractivity contribution in [1.82, 2.24) is 4.98 Å². The molecule has 0 saturated carbocycles. The Bertz CT molecular complexity index is 979. The summed E-state index contributed by atoms with van der Waals surface area (Å²) in [5, 5.41) is 23.7. The number of pyridine rings is 1. The van der Waals surface area contributed by atoms with Gasteiger partial charge in [0.15, 0.2) is 0 Å². The van der Waals surface area contributed by atoms with Gasteiger partial charge in [0, 0.05) is 32.7 Å². The number of nitrogens with one attached hydrogen (secondary N) is 1. The summed E-state index contributed by atoms with van der Waals surface area (Å²) < 4.78 is 0.884. The number of carboxylic acid groups (broad SMARTS) is 1. The summed E-state index contributed by atoms with van der Waals surface area (Å²) in [6.07, 6.45) is 0. The smallest absolute Gasteiger partial charge is 0.339 e. The lowest BCUT2D eigenvalue weighted by Gasteiger charge is -2.07. The number of thiophene rings is 1. The topological polar surface area (TPSA) is 99.5 Å². The number of hydrogen-bond acceptors (Lipinski definition) is 5. The lowest BCUT2D eigenvalue weighted by Crippen LogP contribution is -2.14. The fourth-order valence-corrected chi connectivity index (χ4v) is 3.68. The predicted octanol–water partition coefficient (Wildman–Crippen LogP) is 4.54. The van der Waals surface area contributed by atoms with Crippen molar-refractivity contribution in [3.05, 3.63) is 63.1 Å². The van der Waals surface area contributed by atoms with Gasteiger partial charge in [-0.1, -0.05) is 28.1 Å². The number of benzene rings is 1. The van der Waals surface area contributed by atoms with Gasteiger partial charge in [-0.25, -0.2) is 9.78 Å². The van der Waals surface area contributed by atoms with E-state index in [4.69, 9.17) is 0 Å². The Balaban J connectivity index is 1.96. The van der Waals surface area contributed by atoms with Gasteiger partial charge in [0.2, 0.25) is 5.88 Å². The molecule has 0 radical (unpaired) electrons. The number of aromatic nitrogens is 1. The number of aromatic carboxylic acids is 1. The number of aryl methyl sites for hydroxylation is 1. The first-order valence-electron chi connectivity index (χ1n) is 7.45. The van der Waals surface area contributed by atoms with E-state index < -0.39 is 11.9 Å². The maximum Gasteiger partial charge on any atom is 0.339 e. The summed E-state index contributed by atoms with van der Waals surface area (Å²) >= 11 is 4.48. The zero-order valence-corrected chi connectivity index (χ0v) is 15.9. The number of rotatable bonds is 4. The van der Waals surface area contributed by atoms with Crippen molar-refractivity contribution in [2.75, 3.05) is 5.32 Å². The molecule has 3 N–H and O–H groups in total. The molecule has 132 valence electrons. The third kappa shape index (κ3) is 3.76. The van der Waals surface area contributed by atoms with Crippen LogP contribution in [-0.4, -0.2) is 27.1 Å². The molecular formula is C18H13BrN2O4S. The fraction of sp³-hybridized carbons (Fsp3) is 0.0556. The second kappa shape index (κ2) is 7.27. The molecule has 0 aliphatic heterocycles. The Kier molecular flexibility index (Phi) is 5.06. The van der Waals surface area contributed by atoms with Gasteiger partial charge in [-0.15, -0.1) is 11.3 Å². The number of carbonyl (C=O) groups is 2. The van der Waals surface area contributed by atoms with E-state index in [-0.39, 0.29) is 22.0 Å². The van der Waals surface area contributed by atoms with Gasteiger partial charge in [0.25, 0.3) is 5.91 Å². The predicted molar refractivity (Wildman–Crippen MR) is 103 cm³/mol. The number of amides is 1. The van der Waals surface area contributed by atoms with Crippen molar-refractivity contribution >= 4 is 44.1 Å². The number of halogens is 1. The lowest BCUT2D eigenvalue weighted by atomic mass is 10.0. The van der Waals surface area contributed by atoms with Crippen molar-refractivity contribution in [2.24, 2.45) is 0 Å². The summed E-state index contributed by atoms with van der Waals surface area (Å²) in [5.41, 5.74) is 1.97. The molecule has 0 fully saturated rings. The van der Waals surface area contributed by atoms with Crippen molar-refractivity contribution in [3.8, 4) is 17.0 Å². The number of carboxylic acids is 1. The van der Waals surface area contributed by atoms with Gasteiger partial charge in [0.1, 0.15) is 10.6 Å². The van der Waals surface area contributed by atoms with Crippen LogP contribution in [0.15, 0.2) is 46.3 Å². The Hall–Kier alpha value is -2.71. The first-order chi connectivity index (χ1) is 12.3. The van der Waals surface area contributed by atoms with Crippen LogP contribution in [-0.2, 0) is 0 Å². The molecule has 6 nitrogen and oxygen atoms in total. The maximum atomic E-state index is 12.4. The van der Waals surface area contributed by atoms with Gasteiger partial charge in [-0.05, 0) is 30.7 Å². The molecule has 1 amide bonds. The molecule has 2 aromatic heterocycles. The number of aromatic hydroxyl groups is 1. The second-order valence-corrected chi connectivity index (χ2v) is 7.27. The van der Waals surface area contributed by atoms with Crippen molar-refractivity contribution in [3.63, 3.8) is 0 Å². The molecule has 0 aliphatic rings. The first-order valence-corrected chi connectivity index (χ1v) is 9.12. The zero-order valence-electron chi connectivity index (χ0n) is 13.5. The molecule has 0 unspecified atom stereocenters. The van der Waals surface area contributed by atoms with Gasteiger partial charge in [0.05, 0.1) is 0 Å². The van der Waals surface area contributed by atoms with Gasteiger partial charge >= 0.3 is 5.97 Å². The van der Waals surface area contributed by atoms with Crippen molar-refractivity contribution < 1.29 is 19.8 Å². The summed E-state index contributed by atoms with van der Waals surface area (Å²) in [7, 11) is 0. The molecule has 8 heteroatoms. The third-order valence-electron chi connectivity index (χ3n) is 3.59. The standard InChI is InChI=1S/C18H13BrN2O4S/c1-9-6-11(7-14(22)20-9)16(23)21-17-15(18(24)25)13(8-26-17)10-2-4-12(19)5-3-10/h2-8H,1H3,(H,20,22)(H,21,23)(H,24,25). The maximum absolute atomic E-state index is 12.4. The molecule has 3 aromatic rings. The number of carbonyl (C=O) groups excluding carboxylic acids is 1. The number of nitrogens with zero attached hydrogens (tertiary/aromatic N) is 1. The largest absolute Gasteiger partial charge is 0.493 e. The van der Waals surface area contributed by atoms with Crippen LogP contribution in [0.3, 0.4) is 0 Å². The fourth-order valence-electron chi connectivity index (χ4n) is 2.46. The highest BCUT2D eigenvalue weighted by atomic mass is 79.9. The molecule has 26 heavy (non-hydrogen) atoms. The Labute approximate surface area is 161 Å². The van der Waals surface area contributed by atoms with E-state index in [1.165, 1.54) is 12.1 Å². The molecule has 1 aromatic carbocycles. The monoisotopic (exact) mass is 432 g/mol. The molecule has 2 heterocycles. The molecule has 0 saturated heterocycles. The Morgan fingerprint density at radius 1 is 1.19 bits per heavy atom. The summed E-state index contributed by atoms with van der Waals surface area (Å²) in [6, 6.07) is 9.98. The van der Waals surface area contributed by atoms with E-state index in [9.17, 15) is 19.8 Å². The van der Waals surface area contributed by atoms with E-state index in [1.807, 2.05) is 12.1 Å². The average Bonchev–Trinajstić information content (AvgIpc) is 2.98. The average molecular weight is 433 g/mol. The minimum Gasteiger partial charge on any atom is -0.493 e. The minimum atomic E-state index is -1.13. The molecule has 0 aliphatic carbocycles. The normalized spacial score (nSPS) is 10.5. The van der Waals surface area contributed by atoms with Gasteiger partial charge < -0.3 is 15.5 Å². The third-order valence-corrected chi connectivity index (χ3v) is 5.01. The second-order valence-electron chi connectivity index (χ2n) is 5.48. The Morgan fingerprint density at radius 2 is 1.88 bits per heavy atom. The van der Waals surface area contributed by atoms with Crippen LogP contribution in [0.2, 0.25) is 0 Å². The summed E-state index contributed by atoms with van der Waals surface area (Å²) in [6.45, 7) is 1.65. The lowest BCUT2D eigenvalue weighted by molar-refractivity contribution is 0.0699. The Morgan fingerprint density at radius 3 is 2.50 bits per heavy atom. The quantitative estimate of drug-likeness (QED) is 0.561. The van der Waals surface area contributed by atoms with Gasteiger partial charge in [-0.3, -0.25) is 4.79 Å². The number of hydrogen-bond donors (Lipinski definition) is 3. The van der Waals surface area contributed by atoms with Crippen LogP contribution in [0.4, 0.5) is 5.00 Å². The van der Waals surface area contributed by atoms with E-state index in [0.29, 0.717) is 11.3 Å². The molecular weight excluding hydrogens is 420 g/mol. The van der Waals surface area contributed by atoms with Crippen LogP contribution >= 0.6 is 27.3 Å². The molecule has 0 bridgehead atoms. The van der Waals surface area contributed by atoms with Gasteiger partial charge in [-0.2, -0.15) is 0 Å². The first kappa shape index (κ1) is 18.1. The highest BCUT2D eigenvalue weighted by Crippen LogP contribution is 2.36. The SMILES string of the molecule is Cc1cc(C(=O)Nc2scc(-c3ccc(Br)cc3)c2C(=O)O)cc(O)n1. The van der Waals surface area contributed by atoms with Crippen molar-refractivity contribution in [2.45, 2.75) is 6.92 Å². The van der Waals surface area contributed by atoms with Crippen LogP contribution in [0.1, 0.15) is 26.4 Å². The zero-order chi connectivity index (χ0) is 18.8.